The molecular formula is C16H23NO3. The molecule has 0 aromatic heterocycles. The van der Waals surface area contributed by atoms with Gasteiger partial charge in [-0.05, 0) is 17.0 Å². The number of carbonyl (C=O) groups is 1. The zero-order valence-electron chi connectivity index (χ0n) is 12.4. The van der Waals surface area contributed by atoms with Crippen LogP contribution in [-0.2, 0) is 16.1 Å². The minimum atomic E-state index is -0.748. The van der Waals surface area contributed by atoms with Crippen molar-refractivity contribution in [1.29, 1.82) is 0 Å². The second-order valence-electron chi connectivity index (χ2n) is 5.79. The first-order valence-corrected chi connectivity index (χ1v) is 7.08. The summed E-state index contributed by atoms with van der Waals surface area (Å²) in [6, 6.07) is 8.10. The van der Waals surface area contributed by atoms with E-state index in [0.29, 0.717) is 19.1 Å². The van der Waals surface area contributed by atoms with Gasteiger partial charge in [-0.3, -0.25) is 9.69 Å². The van der Waals surface area contributed by atoms with E-state index in [2.05, 4.69) is 18.7 Å². The molecule has 0 amide bonds. The molecule has 0 bridgehead atoms. The van der Waals surface area contributed by atoms with E-state index in [1.54, 1.807) is 7.11 Å². The van der Waals surface area contributed by atoms with Crippen molar-refractivity contribution in [3.05, 3.63) is 35.4 Å². The average Bonchev–Trinajstić information content (AvgIpc) is 2.43. The topological polar surface area (TPSA) is 49.8 Å². The van der Waals surface area contributed by atoms with Gasteiger partial charge in [0.1, 0.15) is 0 Å². The fourth-order valence-corrected chi connectivity index (χ4v) is 2.99. The number of rotatable bonds is 5. The molecule has 1 N–H and O–H groups in total. The maximum atomic E-state index is 11.6. The lowest BCUT2D eigenvalue weighted by Gasteiger charge is -2.39. The average molecular weight is 277 g/mol. The predicted molar refractivity (Wildman–Crippen MR) is 77.7 cm³/mol. The van der Waals surface area contributed by atoms with Crippen molar-refractivity contribution in [3.8, 4) is 0 Å². The number of hydrogen-bond donors (Lipinski definition) is 1. The lowest BCUT2D eigenvalue weighted by Crippen LogP contribution is -2.47. The molecular weight excluding hydrogens is 254 g/mol. The van der Waals surface area contributed by atoms with Gasteiger partial charge in [0.15, 0.2) is 0 Å². The van der Waals surface area contributed by atoms with E-state index in [0.717, 1.165) is 17.7 Å². The molecule has 0 saturated heterocycles. The molecule has 4 heteroatoms. The Kier molecular flexibility index (Phi) is 4.78. The van der Waals surface area contributed by atoms with E-state index in [1.807, 2.05) is 24.3 Å². The van der Waals surface area contributed by atoms with Crippen LogP contribution in [0.25, 0.3) is 0 Å². The molecule has 0 radical (unpaired) electrons. The summed E-state index contributed by atoms with van der Waals surface area (Å²) in [5, 5.41) is 9.50. The first-order valence-electron chi connectivity index (χ1n) is 7.08. The normalized spacial score (nSPS) is 20.7. The lowest BCUT2D eigenvalue weighted by molar-refractivity contribution is -0.140. The number of carboxylic acid groups (broad SMARTS) is 1. The van der Waals surface area contributed by atoms with Crippen LogP contribution in [0.3, 0.4) is 0 Å². The molecule has 1 heterocycles. The highest BCUT2D eigenvalue weighted by Gasteiger charge is 2.34. The molecule has 2 rings (SSSR count). The third-order valence-electron chi connectivity index (χ3n) is 4.10. The molecule has 0 aliphatic carbocycles. The van der Waals surface area contributed by atoms with Crippen molar-refractivity contribution in [1.82, 2.24) is 4.90 Å². The summed E-state index contributed by atoms with van der Waals surface area (Å²) in [7, 11) is 1.70. The molecule has 1 aromatic carbocycles. The summed E-state index contributed by atoms with van der Waals surface area (Å²) in [5.74, 6) is -0.769. The second-order valence-corrected chi connectivity index (χ2v) is 5.79. The van der Waals surface area contributed by atoms with Gasteiger partial charge in [-0.1, -0.05) is 38.1 Å². The Morgan fingerprint density at radius 2 is 2.15 bits per heavy atom. The molecule has 1 aliphatic rings. The van der Waals surface area contributed by atoms with Crippen LogP contribution in [0.2, 0.25) is 0 Å². The highest BCUT2D eigenvalue weighted by molar-refractivity contribution is 5.77. The molecule has 20 heavy (non-hydrogen) atoms. The number of nitrogens with zero attached hydrogens (tertiary/aromatic N) is 1. The fourth-order valence-electron chi connectivity index (χ4n) is 2.99. The van der Waals surface area contributed by atoms with Crippen LogP contribution in [0.1, 0.15) is 30.9 Å². The van der Waals surface area contributed by atoms with E-state index in [-0.39, 0.29) is 6.04 Å². The number of aliphatic carboxylic acids is 1. The highest BCUT2D eigenvalue weighted by Crippen LogP contribution is 2.31. The summed E-state index contributed by atoms with van der Waals surface area (Å²) in [4.78, 5) is 13.8. The highest BCUT2D eigenvalue weighted by atomic mass is 16.5. The number of hydrogen-bond acceptors (Lipinski definition) is 3. The van der Waals surface area contributed by atoms with Gasteiger partial charge in [-0.2, -0.15) is 0 Å². The number of methoxy groups -OCH3 is 1. The van der Waals surface area contributed by atoms with Gasteiger partial charge in [0.25, 0.3) is 0 Å². The largest absolute Gasteiger partial charge is 0.481 e. The van der Waals surface area contributed by atoms with Gasteiger partial charge in [-0.25, -0.2) is 0 Å². The maximum absolute atomic E-state index is 11.6. The SMILES string of the molecule is COCC(C(C)C)N1Cc2ccccc2C(C(=O)O)C1. The van der Waals surface area contributed by atoms with Crippen LogP contribution in [0.4, 0.5) is 0 Å². The molecule has 0 saturated carbocycles. The Hall–Kier alpha value is -1.39. The maximum Gasteiger partial charge on any atom is 0.312 e. The number of benzene rings is 1. The number of carboxylic acids is 1. The number of fused-ring (bicyclic) bond motifs is 1. The van der Waals surface area contributed by atoms with Gasteiger partial charge < -0.3 is 9.84 Å². The molecule has 2 unspecified atom stereocenters. The quantitative estimate of drug-likeness (QED) is 0.897. The Bertz CT molecular complexity index is 473. The Morgan fingerprint density at radius 3 is 2.75 bits per heavy atom. The summed E-state index contributed by atoms with van der Waals surface area (Å²) < 4.78 is 5.31. The van der Waals surface area contributed by atoms with Crippen molar-refractivity contribution < 1.29 is 14.6 Å². The van der Waals surface area contributed by atoms with Gasteiger partial charge in [0.05, 0.1) is 12.5 Å². The Balaban J connectivity index is 2.29. The smallest absolute Gasteiger partial charge is 0.312 e. The summed E-state index contributed by atoms with van der Waals surface area (Å²) >= 11 is 0. The van der Waals surface area contributed by atoms with Crippen molar-refractivity contribution in [2.75, 3.05) is 20.3 Å². The summed E-state index contributed by atoms with van der Waals surface area (Å²) in [6.07, 6.45) is 0. The van der Waals surface area contributed by atoms with Crippen LogP contribution in [0.5, 0.6) is 0 Å². The third kappa shape index (κ3) is 3.02. The molecule has 4 nitrogen and oxygen atoms in total. The van der Waals surface area contributed by atoms with Gasteiger partial charge in [-0.15, -0.1) is 0 Å². The van der Waals surface area contributed by atoms with Crippen molar-refractivity contribution in [2.24, 2.45) is 5.92 Å². The van der Waals surface area contributed by atoms with Gasteiger partial charge >= 0.3 is 5.97 Å². The molecule has 2 atom stereocenters. The third-order valence-corrected chi connectivity index (χ3v) is 4.10. The Labute approximate surface area is 120 Å². The fraction of sp³-hybridized carbons (Fsp3) is 0.562. The van der Waals surface area contributed by atoms with Crippen LogP contribution in [0.15, 0.2) is 24.3 Å². The minimum Gasteiger partial charge on any atom is -0.481 e. The second kappa shape index (κ2) is 6.37. The standard InChI is InChI=1S/C16H23NO3/c1-11(2)15(10-20-3)17-8-12-6-4-5-7-13(12)14(9-17)16(18)19/h4-7,11,14-15H,8-10H2,1-3H3,(H,18,19). The zero-order chi connectivity index (χ0) is 14.7. The Morgan fingerprint density at radius 1 is 1.45 bits per heavy atom. The van der Waals surface area contributed by atoms with Crippen molar-refractivity contribution >= 4 is 5.97 Å². The van der Waals surface area contributed by atoms with Gasteiger partial charge in [0.2, 0.25) is 0 Å². The van der Waals surface area contributed by atoms with E-state index in [1.165, 1.54) is 0 Å². The van der Waals surface area contributed by atoms with E-state index in [9.17, 15) is 9.90 Å². The van der Waals surface area contributed by atoms with Crippen LogP contribution in [0, 0.1) is 5.92 Å². The zero-order valence-corrected chi connectivity index (χ0v) is 12.4. The van der Waals surface area contributed by atoms with Crippen molar-refractivity contribution in [2.45, 2.75) is 32.4 Å². The number of ether oxygens (including phenoxy) is 1. The van der Waals surface area contributed by atoms with E-state index >= 15 is 0 Å². The molecule has 0 spiro atoms. The van der Waals surface area contributed by atoms with Crippen LogP contribution >= 0.6 is 0 Å². The first-order chi connectivity index (χ1) is 9.54. The van der Waals surface area contributed by atoms with Crippen LogP contribution in [-0.4, -0.2) is 42.3 Å². The molecule has 110 valence electrons. The molecule has 1 aliphatic heterocycles. The monoisotopic (exact) mass is 277 g/mol. The summed E-state index contributed by atoms with van der Waals surface area (Å²) in [6.45, 7) is 6.29. The van der Waals surface area contributed by atoms with Crippen molar-refractivity contribution in [3.63, 3.8) is 0 Å². The first kappa shape index (κ1) is 15.0. The van der Waals surface area contributed by atoms with E-state index < -0.39 is 11.9 Å². The van der Waals surface area contributed by atoms with Gasteiger partial charge in [0, 0.05) is 26.2 Å². The lowest BCUT2D eigenvalue weighted by atomic mass is 9.88. The van der Waals surface area contributed by atoms with E-state index in [4.69, 9.17) is 4.74 Å². The molecule has 1 aromatic rings. The summed E-state index contributed by atoms with van der Waals surface area (Å²) in [5.41, 5.74) is 2.07. The minimum absolute atomic E-state index is 0.246. The molecule has 0 fully saturated rings. The predicted octanol–water partition coefficient (Wildman–Crippen LogP) is 2.34. The van der Waals surface area contributed by atoms with Crippen LogP contribution < -0.4 is 0 Å².